The number of amides is 1. The highest BCUT2D eigenvalue weighted by atomic mass is 16.5. The van der Waals surface area contributed by atoms with Crippen LogP contribution in [0.25, 0.3) is 0 Å². The second-order valence-corrected chi connectivity index (χ2v) is 5.08. The van der Waals surface area contributed by atoms with E-state index in [4.69, 9.17) is 4.74 Å². The fourth-order valence-electron chi connectivity index (χ4n) is 2.01. The zero-order valence-corrected chi connectivity index (χ0v) is 12.5. The second kappa shape index (κ2) is 7.60. The number of carbonyl (C=O) groups excluding carboxylic acids is 1. The number of aryl methyl sites for hydroxylation is 1. The monoisotopic (exact) mass is 283 g/mol. The summed E-state index contributed by atoms with van der Waals surface area (Å²) in [7, 11) is 0. The molecule has 0 fully saturated rings. The maximum Gasteiger partial charge on any atom is 0.249 e. The van der Waals surface area contributed by atoms with Crippen LogP contribution in [0.15, 0.2) is 54.6 Å². The first-order chi connectivity index (χ1) is 10.2. The van der Waals surface area contributed by atoms with Crippen LogP contribution in [0.3, 0.4) is 0 Å². The highest BCUT2D eigenvalue weighted by Crippen LogP contribution is 2.07. The SMILES string of the molecule is Cc1ccccc1CNC(=O)[C@@H](C)OCc1ccccc1. The Hall–Kier alpha value is -2.13. The molecule has 0 aliphatic rings. The van der Waals surface area contributed by atoms with Gasteiger partial charge < -0.3 is 10.1 Å². The molecule has 0 saturated carbocycles. The number of benzene rings is 2. The molecule has 0 bridgehead atoms. The predicted octanol–water partition coefficient (Wildman–Crippen LogP) is 3.22. The predicted molar refractivity (Wildman–Crippen MR) is 83.7 cm³/mol. The largest absolute Gasteiger partial charge is 0.364 e. The number of hydrogen-bond donors (Lipinski definition) is 1. The topological polar surface area (TPSA) is 38.3 Å². The molecule has 0 spiro atoms. The normalized spacial score (nSPS) is 11.9. The van der Waals surface area contributed by atoms with Gasteiger partial charge in [-0.05, 0) is 30.5 Å². The molecule has 1 amide bonds. The van der Waals surface area contributed by atoms with Crippen LogP contribution in [0, 0.1) is 6.92 Å². The molecule has 0 aromatic heterocycles. The lowest BCUT2D eigenvalue weighted by Crippen LogP contribution is -2.34. The number of nitrogens with one attached hydrogen (secondary N) is 1. The Labute approximate surface area is 126 Å². The fourth-order valence-corrected chi connectivity index (χ4v) is 2.01. The van der Waals surface area contributed by atoms with Crippen molar-refractivity contribution in [1.29, 1.82) is 0 Å². The summed E-state index contributed by atoms with van der Waals surface area (Å²) in [5, 5.41) is 2.91. The summed E-state index contributed by atoms with van der Waals surface area (Å²) in [6, 6.07) is 17.9. The molecule has 2 aromatic rings. The van der Waals surface area contributed by atoms with E-state index >= 15 is 0 Å². The Balaban J connectivity index is 1.79. The first-order valence-corrected chi connectivity index (χ1v) is 7.14. The second-order valence-electron chi connectivity index (χ2n) is 5.08. The van der Waals surface area contributed by atoms with E-state index in [2.05, 4.69) is 5.32 Å². The molecule has 0 saturated heterocycles. The van der Waals surface area contributed by atoms with Gasteiger partial charge in [0.05, 0.1) is 6.61 Å². The van der Waals surface area contributed by atoms with Gasteiger partial charge in [0.2, 0.25) is 5.91 Å². The highest BCUT2D eigenvalue weighted by Gasteiger charge is 2.13. The van der Waals surface area contributed by atoms with E-state index in [-0.39, 0.29) is 5.91 Å². The van der Waals surface area contributed by atoms with Crippen LogP contribution in [-0.2, 0) is 22.7 Å². The van der Waals surface area contributed by atoms with E-state index in [1.54, 1.807) is 6.92 Å². The van der Waals surface area contributed by atoms with E-state index in [1.165, 1.54) is 5.56 Å². The minimum atomic E-state index is -0.464. The van der Waals surface area contributed by atoms with E-state index in [0.29, 0.717) is 13.2 Å². The van der Waals surface area contributed by atoms with Gasteiger partial charge in [-0.3, -0.25) is 4.79 Å². The average Bonchev–Trinajstić information content (AvgIpc) is 2.52. The summed E-state index contributed by atoms with van der Waals surface area (Å²) < 4.78 is 5.60. The number of ether oxygens (including phenoxy) is 1. The van der Waals surface area contributed by atoms with Crippen molar-refractivity contribution in [2.24, 2.45) is 0 Å². The molecule has 0 aliphatic heterocycles. The van der Waals surface area contributed by atoms with Crippen molar-refractivity contribution in [3.8, 4) is 0 Å². The molecule has 0 heterocycles. The maximum absolute atomic E-state index is 12.0. The van der Waals surface area contributed by atoms with Gasteiger partial charge in [0.15, 0.2) is 0 Å². The third kappa shape index (κ3) is 4.72. The first kappa shape index (κ1) is 15.3. The molecule has 2 rings (SSSR count). The van der Waals surface area contributed by atoms with E-state index in [1.807, 2.05) is 61.5 Å². The molecule has 0 radical (unpaired) electrons. The van der Waals surface area contributed by atoms with Crippen molar-refractivity contribution in [2.75, 3.05) is 0 Å². The standard InChI is InChI=1S/C18H21NO2/c1-14-8-6-7-11-17(14)12-19-18(20)15(2)21-13-16-9-4-3-5-10-16/h3-11,15H,12-13H2,1-2H3,(H,19,20)/t15-/m1/s1. The van der Waals surface area contributed by atoms with Crippen LogP contribution >= 0.6 is 0 Å². The van der Waals surface area contributed by atoms with Crippen LogP contribution in [0.5, 0.6) is 0 Å². The number of carbonyl (C=O) groups is 1. The highest BCUT2D eigenvalue weighted by molar-refractivity contribution is 5.80. The Morgan fingerprint density at radius 2 is 1.76 bits per heavy atom. The van der Waals surface area contributed by atoms with Gasteiger partial charge in [-0.2, -0.15) is 0 Å². The lowest BCUT2D eigenvalue weighted by molar-refractivity contribution is -0.132. The van der Waals surface area contributed by atoms with Crippen molar-refractivity contribution in [3.05, 3.63) is 71.3 Å². The third-order valence-electron chi connectivity index (χ3n) is 3.43. The smallest absolute Gasteiger partial charge is 0.249 e. The molecule has 110 valence electrons. The Bertz CT molecular complexity index is 581. The molecular formula is C18H21NO2. The molecule has 3 heteroatoms. The summed E-state index contributed by atoms with van der Waals surface area (Å²) in [4.78, 5) is 12.0. The summed E-state index contributed by atoms with van der Waals surface area (Å²) in [6.07, 6.45) is -0.464. The molecule has 1 N–H and O–H groups in total. The lowest BCUT2D eigenvalue weighted by atomic mass is 10.1. The van der Waals surface area contributed by atoms with Gasteiger partial charge in [0, 0.05) is 6.54 Å². The molecule has 1 atom stereocenters. The summed E-state index contributed by atoms with van der Waals surface area (Å²) >= 11 is 0. The van der Waals surface area contributed by atoms with Gasteiger partial charge in [0.1, 0.15) is 6.10 Å². The zero-order chi connectivity index (χ0) is 15.1. The van der Waals surface area contributed by atoms with Crippen LogP contribution in [0.1, 0.15) is 23.6 Å². The lowest BCUT2D eigenvalue weighted by Gasteiger charge is -2.14. The van der Waals surface area contributed by atoms with E-state index in [0.717, 1.165) is 11.1 Å². The van der Waals surface area contributed by atoms with Crippen molar-refractivity contribution in [3.63, 3.8) is 0 Å². The molecule has 0 aliphatic carbocycles. The molecule has 0 unspecified atom stereocenters. The zero-order valence-electron chi connectivity index (χ0n) is 12.5. The van der Waals surface area contributed by atoms with Crippen LogP contribution in [-0.4, -0.2) is 12.0 Å². The minimum Gasteiger partial charge on any atom is -0.364 e. The summed E-state index contributed by atoms with van der Waals surface area (Å²) in [5.74, 6) is -0.0887. The molecule has 2 aromatic carbocycles. The Kier molecular flexibility index (Phi) is 5.52. The summed E-state index contributed by atoms with van der Waals surface area (Å²) in [6.45, 7) is 4.79. The van der Waals surface area contributed by atoms with Crippen LogP contribution in [0.2, 0.25) is 0 Å². The maximum atomic E-state index is 12.0. The van der Waals surface area contributed by atoms with Gasteiger partial charge in [-0.25, -0.2) is 0 Å². The van der Waals surface area contributed by atoms with Crippen molar-refractivity contribution in [2.45, 2.75) is 33.1 Å². The number of hydrogen-bond acceptors (Lipinski definition) is 2. The first-order valence-electron chi connectivity index (χ1n) is 7.14. The van der Waals surface area contributed by atoms with Crippen molar-refractivity contribution >= 4 is 5.91 Å². The Morgan fingerprint density at radius 3 is 2.48 bits per heavy atom. The van der Waals surface area contributed by atoms with Crippen molar-refractivity contribution in [1.82, 2.24) is 5.32 Å². The number of rotatable bonds is 6. The fraction of sp³-hybridized carbons (Fsp3) is 0.278. The molecular weight excluding hydrogens is 262 g/mol. The van der Waals surface area contributed by atoms with E-state index < -0.39 is 6.10 Å². The average molecular weight is 283 g/mol. The van der Waals surface area contributed by atoms with Gasteiger partial charge in [-0.1, -0.05) is 54.6 Å². The molecule has 3 nitrogen and oxygen atoms in total. The Morgan fingerprint density at radius 1 is 1.10 bits per heavy atom. The summed E-state index contributed by atoms with van der Waals surface area (Å²) in [5.41, 5.74) is 3.37. The van der Waals surface area contributed by atoms with Crippen molar-refractivity contribution < 1.29 is 9.53 Å². The van der Waals surface area contributed by atoms with Gasteiger partial charge in [0.25, 0.3) is 0 Å². The minimum absolute atomic E-state index is 0.0887. The van der Waals surface area contributed by atoms with E-state index in [9.17, 15) is 4.79 Å². The quantitative estimate of drug-likeness (QED) is 0.884. The third-order valence-corrected chi connectivity index (χ3v) is 3.43. The van der Waals surface area contributed by atoms with Gasteiger partial charge >= 0.3 is 0 Å². The van der Waals surface area contributed by atoms with Crippen LogP contribution in [0.4, 0.5) is 0 Å². The van der Waals surface area contributed by atoms with Gasteiger partial charge in [-0.15, -0.1) is 0 Å². The van der Waals surface area contributed by atoms with Crippen LogP contribution < -0.4 is 5.32 Å². The molecule has 21 heavy (non-hydrogen) atoms.